The van der Waals surface area contributed by atoms with Crippen molar-refractivity contribution in [2.45, 2.75) is 18.9 Å². The lowest BCUT2D eigenvalue weighted by Crippen LogP contribution is -2.46. The summed E-state index contributed by atoms with van der Waals surface area (Å²) >= 11 is 7.46. The zero-order chi connectivity index (χ0) is 15.8. The van der Waals surface area contributed by atoms with Crippen LogP contribution in [0.15, 0.2) is 36.4 Å². The minimum atomic E-state index is 0.0581. The normalized spacial score (nSPS) is 26.2. The number of nitrogens with one attached hydrogen (secondary N) is 1. The largest absolute Gasteiger partial charge is 0.347 e. The minimum absolute atomic E-state index is 0.0581. The van der Waals surface area contributed by atoms with Gasteiger partial charge in [0.15, 0.2) is 0 Å². The molecule has 3 heterocycles. The lowest BCUT2D eigenvalue weighted by Gasteiger charge is -2.30. The van der Waals surface area contributed by atoms with Crippen molar-refractivity contribution in [1.82, 2.24) is 10.2 Å². The zero-order valence-electron chi connectivity index (χ0n) is 12.8. The Hall–Kier alpha value is -1.36. The van der Waals surface area contributed by atoms with Crippen molar-refractivity contribution >= 4 is 28.8 Å². The number of hydrogen-bond acceptors (Lipinski definition) is 3. The Morgan fingerprint density at radius 3 is 2.78 bits per heavy atom. The Balaban J connectivity index is 1.44. The number of benzene rings is 1. The summed E-state index contributed by atoms with van der Waals surface area (Å²) in [7, 11) is 0. The number of rotatable bonds is 3. The van der Waals surface area contributed by atoms with Gasteiger partial charge in [0.1, 0.15) is 0 Å². The summed E-state index contributed by atoms with van der Waals surface area (Å²) in [6.07, 6.45) is 2.41. The number of thiophene rings is 1. The Morgan fingerprint density at radius 1 is 1.17 bits per heavy atom. The summed E-state index contributed by atoms with van der Waals surface area (Å²) in [5, 5.41) is 3.95. The van der Waals surface area contributed by atoms with Crippen molar-refractivity contribution < 1.29 is 4.79 Å². The number of amides is 1. The SMILES string of the molecule is O=C(N[C@@H]1C[C@@H]2CCN(C2)C1)c1ccc(-c2ccc(Cl)cc2)s1. The average Bonchev–Trinajstić information content (AvgIpc) is 3.15. The van der Waals surface area contributed by atoms with Gasteiger partial charge in [0.05, 0.1) is 4.88 Å². The van der Waals surface area contributed by atoms with Gasteiger partial charge in [-0.2, -0.15) is 0 Å². The van der Waals surface area contributed by atoms with E-state index in [0.717, 1.165) is 39.2 Å². The predicted molar refractivity (Wildman–Crippen MR) is 95.2 cm³/mol. The first-order valence-corrected chi connectivity index (χ1v) is 9.26. The predicted octanol–water partition coefficient (Wildman–Crippen LogP) is 3.89. The van der Waals surface area contributed by atoms with Gasteiger partial charge in [-0.25, -0.2) is 0 Å². The first-order chi connectivity index (χ1) is 11.2. The van der Waals surface area contributed by atoms with Crippen LogP contribution in [0.1, 0.15) is 22.5 Å². The summed E-state index contributed by atoms with van der Waals surface area (Å²) in [6, 6.07) is 12.0. The molecule has 1 unspecified atom stereocenters. The molecular formula is C18H19ClN2OS. The molecule has 23 heavy (non-hydrogen) atoms. The molecule has 2 aromatic rings. The van der Waals surface area contributed by atoms with Crippen molar-refractivity contribution in [1.29, 1.82) is 0 Å². The van der Waals surface area contributed by atoms with Crippen molar-refractivity contribution in [2.24, 2.45) is 5.92 Å². The molecule has 2 aliphatic rings. The summed E-state index contributed by atoms with van der Waals surface area (Å²) < 4.78 is 0. The lowest BCUT2D eigenvalue weighted by molar-refractivity contribution is 0.0913. The molecular weight excluding hydrogens is 328 g/mol. The highest BCUT2D eigenvalue weighted by Crippen LogP contribution is 2.30. The molecule has 1 aromatic heterocycles. The average molecular weight is 347 g/mol. The van der Waals surface area contributed by atoms with Crippen LogP contribution in [-0.2, 0) is 0 Å². The Kier molecular flexibility index (Phi) is 4.14. The zero-order valence-corrected chi connectivity index (χ0v) is 14.4. The molecule has 0 saturated carbocycles. The Morgan fingerprint density at radius 2 is 2.00 bits per heavy atom. The molecule has 1 aromatic carbocycles. The first kappa shape index (κ1) is 15.2. The summed E-state index contributed by atoms with van der Waals surface area (Å²) in [5.41, 5.74) is 1.10. The number of carbonyl (C=O) groups excluding carboxylic acids is 1. The fourth-order valence-electron chi connectivity index (χ4n) is 3.65. The number of halogens is 1. The molecule has 1 amide bonds. The standard InChI is InChI=1S/C18H19ClN2OS/c19-14-3-1-13(2-4-14)16-5-6-17(23-16)18(22)20-15-9-12-7-8-21(10-12)11-15/h1-6,12,15H,7-11H2,(H,20,22)/t12-,15+/m0/s1. The van der Waals surface area contributed by atoms with E-state index >= 15 is 0 Å². The summed E-state index contributed by atoms with van der Waals surface area (Å²) in [6.45, 7) is 3.40. The van der Waals surface area contributed by atoms with Gasteiger partial charge in [-0.15, -0.1) is 11.3 Å². The highest BCUT2D eigenvalue weighted by Gasteiger charge is 2.33. The number of piperidine rings is 1. The summed E-state index contributed by atoms with van der Waals surface area (Å²) in [4.78, 5) is 16.8. The van der Waals surface area contributed by atoms with Gasteiger partial charge in [0.25, 0.3) is 5.91 Å². The second-order valence-electron chi connectivity index (χ2n) is 6.49. The number of hydrogen-bond donors (Lipinski definition) is 1. The quantitative estimate of drug-likeness (QED) is 0.914. The third-order valence-electron chi connectivity index (χ3n) is 4.76. The van der Waals surface area contributed by atoms with Gasteiger partial charge in [-0.3, -0.25) is 4.79 Å². The third kappa shape index (κ3) is 3.30. The molecule has 2 saturated heterocycles. The van der Waals surface area contributed by atoms with Gasteiger partial charge in [0.2, 0.25) is 0 Å². The van der Waals surface area contributed by atoms with E-state index < -0.39 is 0 Å². The lowest BCUT2D eigenvalue weighted by atomic mass is 9.97. The smallest absolute Gasteiger partial charge is 0.261 e. The Bertz CT molecular complexity index is 700. The van der Waals surface area contributed by atoms with Crippen LogP contribution in [0.25, 0.3) is 10.4 Å². The van der Waals surface area contributed by atoms with Crippen LogP contribution in [0.2, 0.25) is 5.02 Å². The molecule has 4 rings (SSSR count). The van der Waals surface area contributed by atoms with Crippen LogP contribution in [0, 0.1) is 5.92 Å². The second kappa shape index (κ2) is 6.27. The highest BCUT2D eigenvalue weighted by atomic mass is 35.5. The van der Waals surface area contributed by atoms with Crippen LogP contribution in [0.4, 0.5) is 0 Å². The first-order valence-electron chi connectivity index (χ1n) is 8.06. The Labute approximate surface area is 145 Å². The second-order valence-corrected chi connectivity index (χ2v) is 8.01. The van der Waals surface area contributed by atoms with E-state index in [9.17, 15) is 4.79 Å². The van der Waals surface area contributed by atoms with E-state index in [4.69, 9.17) is 11.6 Å². The van der Waals surface area contributed by atoms with Gasteiger partial charge in [-0.1, -0.05) is 23.7 Å². The van der Waals surface area contributed by atoms with Gasteiger partial charge < -0.3 is 10.2 Å². The fraction of sp³-hybridized carbons (Fsp3) is 0.389. The van der Waals surface area contributed by atoms with Crippen molar-refractivity contribution in [2.75, 3.05) is 19.6 Å². The summed E-state index contributed by atoms with van der Waals surface area (Å²) in [5.74, 6) is 0.824. The van der Waals surface area contributed by atoms with Crippen LogP contribution < -0.4 is 5.32 Å². The van der Waals surface area contributed by atoms with Crippen LogP contribution in [0.3, 0.4) is 0 Å². The molecule has 1 N–H and O–H groups in total. The van der Waals surface area contributed by atoms with Crippen LogP contribution >= 0.6 is 22.9 Å². The molecule has 3 atom stereocenters. The molecule has 3 nitrogen and oxygen atoms in total. The molecule has 2 bridgehead atoms. The maximum absolute atomic E-state index is 12.5. The van der Waals surface area contributed by atoms with E-state index in [2.05, 4.69) is 10.2 Å². The van der Waals surface area contributed by atoms with Gasteiger partial charge >= 0.3 is 0 Å². The van der Waals surface area contributed by atoms with E-state index in [1.54, 1.807) is 0 Å². The molecule has 0 aliphatic carbocycles. The van der Waals surface area contributed by atoms with E-state index in [-0.39, 0.29) is 5.91 Å². The van der Waals surface area contributed by atoms with Crippen molar-refractivity contribution in [3.63, 3.8) is 0 Å². The minimum Gasteiger partial charge on any atom is -0.347 e. The number of nitrogens with zero attached hydrogens (tertiary/aromatic N) is 1. The van der Waals surface area contributed by atoms with E-state index in [1.165, 1.54) is 30.8 Å². The number of carbonyl (C=O) groups is 1. The van der Waals surface area contributed by atoms with Crippen LogP contribution in [0.5, 0.6) is 0 Å². The topological polar surface area (TPSA) is 32.3 Å². The molecule has 0 spiro atoms. The monoisotopic (exact) mass is 346 g/mol. The molecule has 5 heteroatoms. The maximum atomic E-state index is 12.5. The van der Waals surface area contributed by atoms with Crippen LogP contribution in [-0.4, -0.2) is 36.5 Å². The van der Waals surface area contributed by atoms with Crippen molar-refractivity contribution in [3.05, 3.63) is 46.3 Å². The molecule has 0 radical (unpaired) electrons. The van der Waals surface area contributed by atoms with Gasteiger partial charge in [0, 0.05) is 29.0 Å². The maximum Gasteiger partial charge on any atom is 0.261 e. The number of fused-ring (bicyclic) bond motifs is 2. The molecule has 2 aliphatic heterocycles. The van der Waals surface area contributed by atoms with Gasteiger partial charge in [-0.05, 0) is 55.1 Å². The van der Waals surface area contributed by atoms with E-state index in [0.29, 0.717) is 6.04 Å². The third-order valence-corrected chi connectivity index (χ3v) is 6.15. The highest BCUT2D eigenvalue weighted by molar-refractivity contribution is 7.17. The fourth-order valence-corrected chi connectivity index (χ4v) is 4.69. The molecule has 120 valence electrons. The van der Waals surface area contributed by atoms with E-state index in [1.807, 2.05) is 36.4 Å². The van der Waals surface area contributed by atoms with Crippen molar-refractivity contribution in [3.8, 4) is 10.4 Å². The molecule has 2 fully saturated rings.